The van der Waals surface area contributed by atoms with Gasteiger partial charge in [-0.25, -0.2) is 9.18 Å². The van der Waals surface area contributed by atoms with Crippen molar-refractivity contribution >= 4 is 34.7 Å². The van der Waals surface area contributed by atoms with Crippen LogP contribution in [-0.2, 0) is 9.53 Å². The highest BCUT2D eigenvalue weighted by Crippen LogP contribution is 2.32. The molecule has 2 heterocycles. The number of halogens is 1. The molecule has 0 unspecified atom stereocenters. The highest BCUT2D eigenvalue weighted by Gasteiger charge is 2.19. The molecule has 0 spiro atoms. The van der Waals surface area contributed by atoms with Crippen molar-refractivity contribution in [1.29, 1.82) is 0 Å². The van der Waals surface area contributed by atoms with Crippen LogP contribution >= 0.6 is 11.3 Å². The number of hydrogen-bond donors (Lipinski definition) is 0. The van der Waals surface area contributed by atoms with Crippen LogP contribution in [0.25, 0.3) is 11.6 Å². The lowest BCUT2D eigenvalue weighted by atomic mass is 10.1. The molecule has 3 aromatic rings. The lowest BCUT2D eigenvalue weighted by Gasteiger charge is -2.08. The van der Waals surface area contributed by atoms with Crippen LogP contribution in [0.15, 0.2) is 60.0 Å². The largest absolute Gasteiger partial charge is 0.454 e. The van der Waals surface area contributed by atoms with Gasteiger partial charge >= 0.3 is 5.97 Å². The Kier molecular flexibility index (Phi) is 5.39. The molecule has 29 heavy (non-hydrogen) atoms. The number of hydrogen-bond acceptors (Lipinski definition) is 6. The number of carbonyl (C=O) groups excluding carboxylic acids is 2. The zero-order valence-corrected chi connectivity index (χ0v) is 15.9. The standard InChI is InChI=1S/C22H15FO5S/c23-16-6-3-14(4-7-16)10-17(21-2-1-9-29-21)22(25)26-12-18(24)15-5-8-19-20(11-15)28-13-27-19/h1-11H,12-13H2/b17-10+. The molecular formula is C22H15FO5S. The van der Waals surface area contributed by atoms with Gasteiger partial charge in [0, 0.05) is 10.4 Å². The molecule has 0 radical (unpaired) electrons. The maximum atomic E-state index is 13.1. The van der Waals surface area contributed by atoms with E-state index < -0.39 is 12.6 Å². The molecule has 1 aliphatic rings. The van der Waals surface area contributed by atoms with Crippen molar-refractivity contribution in [2.24, 2.45) is 0 Å². The number of fused-ring (bicyclic) bond motifs is 1. The van der Waals surface area contributed by atoms with Crippen LogP contribution < -0.4 is 9.47 Å². The summed E-state index contributed by atoms with van der Waals surface area (Å²) in [5.74, 6) is -0.301. The Morgan fingerprint density at radius 3 is 2.62 bits per heavy atom. The van der Waals surface area contributed by atoms with Gasteiger partial charge in [-0.05, 0) is 53.4 Å². The second-order valence-electron chi connectivity index (χ2n) is 6.15. The summed E-state index contributed by atoms with van der Waals surface area (Å²) >= 11 is 1.37. The number of ether oxygens (including phenoxy) is 3. The van der Waals surface area contributed by atoms with Gasteiger partial charge in [0.15, 0.2) is 23.9 Å². The molecule has 0 amide bonds. The summed E-state index contributed by atoms with van der Waals surface area (Å²) in [6, 6.07) is 14.1. The van der Waals surface area contributed by atoms with Crippen LogP contribution in [0.2, 0.25) is 0 Å². The van der Waals surface area contributed by atoms with Gasteiger partial charge in [-0.3, -0.25) is 4.79 Å². The van der Waals surface area contributed by atoms with Crippen LogP contribution in [0.3, 0.4) is 0 Å². The van der Waals surface area contributed by atoms with E-state index in [4.69, 9.17) is 14.2 Å². The predicted molar refractivity (Wildman–Crippen MR) is 106 cm³/mol. The lowest BCUT2D eigenvalue weighted by Crippen LogP contribution is -2.15. The maximum absolute atomic E-state index is 13.1. The SMILES string of the molecule is O=C(OCC(=O)c1ccc2c(c1)OCO2)/C(=C/c1ccc(F)cc1)c1cccs1. The Morgan fingerprint density at radius 2 is 1.86 bits per heavy atom. The fraction of sp³-hybridized carbons (Fsp3) is 0.0909. The molecule has 4 rings (SSSR count). The molecule has 0 N–H and O–H groups in total. The Bertz CT molecular complexity index is 1070. The quantitative estimate of drug-likeness (QED) is 0.338. The van der Waals surface area contributed by atoms with Crippen molar-refractivity contribution in [2.45, 2.75) is 0 Å². The third-order valence-corrected chi connectivity index (χ3v) is 5.12. The summed E-state index contributed by atoms with van der Waals surface area (Å²) in [5.41, 5.74) is 1.31. The summed E-state index contributed by atoms with van der Waals surface area (Å²) in [6.45, 7) is -0.301. The number of thiophene rings is 1. The normalized spacial score (nSPS) is 12.7. The summed E-state index contributed by atoms with van der Waals surface area (Å²) in [6.07, 6.45) is 1.61. The van der Waals surface area contributed by atoms with Crippen molar-refractivity contribution in [2.75, 3.05) is 13.4 Å². The van der Waals surface area contributed by atoms with Crippen molar-refractivity contribution in [3.8, 4) is 11.5 Å². The van der Waals surface area contributed by atoms with E-state index in [2.05, 4.69) is 0 Å². The van der Waals surface area contributed by atoms with Crippen LogP contribution in [0, 0.1) is 5.82 Å². The van der Waals surface area contributed by atoms with E-state index in [1.807, 2.05) is 11.4 Å². The molecule has 146 valence electrons. The molecule has 2 aromatic carbocycles. The minimum atomic E-state index is -0.633. The molecule has 0 bridgehead atoms. The minimum Gasteiger partial charge on any atom is -0.454 e. The van der Waals surface area contributed by atoms with Gasteiger partial charge in [0.2, 0.25) is 6.79 Å². The summed E-state index contributed by atoms with van der Waals surface area (Å²) in [4.78, 5) is 25.8. The Hall–Kier alpha value is -3.45. The van der Waals surface area contributed by atoms with Gasteiger partial charge < -0.3 is 14.2 Å². The van der Waals surface area contributed by atoms with Gasteiger partial charge in [-0.1, -0.05) is 18.2 Å². The highest BCUT2D eigenvalue weighted by atomic mass is 32.1. The zero-order valence-electron chi connectivity index (χ0n) is 15.1. The first-order chi connectivity index (χ1) is 14.1. The van der Waals surface area contributed by atoms with E-state index in [0.717, 1.165) is 0 Å². The third-order valence-electron chi connectivity index (χ3n) is 4.22. The fourth-order valence-corrected chi connectivity index (χ4v) is 3.48. The Morgan fingerprint density at radius 1 is 1.07 bits per heavy atom. The first-order valence-corrected chi connectivity index (χ1v) is 9.59. The molecule has 0 saturated carbocycles. The number of esters is 1. The van der Waals surface area contributed by atoms with E-state index in [-0.39, 0.29) is 18.4 Å². The number of rotatable bonds is 6. The first-order valence-electron chi connectivity index (χ1n) is 8.71. The molecule has 1 aromatic heterocycles. The molecular weight excluding hydrogens is 395 g/mol. The van der Waals surface area contributed by atoms with E-state index in [0.29, 0.717) is 33.1 Å². The third kappa shape index (κ3) is 4.35. The summed E-state index contributed by atoms with van der Waals surface area (Å²) in [7, 11) is 0. The second-order valence-corrected chi connectivity index (χ2v) is 7.10. The minimum absolute atomic E-state index is 0.111. The van der Waals surface area contributed by atoms with E-state index in [1.165, 1.54) is 23.5 Å². The average Bonchev–Trinajstić information content (AvgIpc) is 3.42. The van der Waals surface area contributed by atoms with Crippen LogP contribution in [0.1, 0.15) is 20.8 Å². The highest BCUT2D eigenvalue weighted by molar-refractivity contribution is 7.11. The van der Waals surface area contributed by atoms with Gasteiger partial charge in [0.05, 0.1) is 5.57 Å². The van der Waals surface area contributed by atoms with E-state index in [1.54, 1.807) is 42.5 Å². The van der Waals surface area contributed by atoms with Gasteiger partial charge in [-0.2, -0.15) is 0 Å². The molecule has 7 heteroatoms. The van der Waals surface area contributed by atoms with E-state index in [9.17, 15) is 14.0 Å². The number of ketones is 1. The zero-order chi connectivity index (χ0) is 20.2. The maximum Gasteiger partial charge on any atom is 0.340 e. The number of carbonyl (C=O) groups is 2. The lowest BCUT2D eigenvalue weighted by molar-refractivity contribution is -0.135. The molecule has 0 aliphatic carbocycles. The smallest absolute Gasteiger partial charge is 0.340 e. The van der Waals surface area contributed by atoms with Crippen molar-refractivity contribution in [3.05, 3.63) is 81.8 Å². The predicted octanol–water partition coefficient (Wildman–Crippen LogP) is 4.58. The van der Waals surface area contributed by atoms with Crippen LogP contribution in [-0.4, -0.2) is 25.2 Å². The second kappa shape index (κ2) is 8.28. The van der Waals surface area contributed by atoms with Crippen molar-refractivity contribution in [3.63, 3.8) is 0 Å². The number of Topliss-reactive ketones (excluding diaryl/α,β-unsaturated/α-hetero) is 1. The topological polar surface area (TPSA) is 61.8 Å². The van der Waals surface area contributed by atoms with Crippen molar-refractivity contribution in [1.82, 2.24) is 0 Å². The molecule has 5 nitrogen and oxygen atoms in total. The summed E-state index contributed by atoms with van der Waals surface area (Å²) in [5, 5.41) is 1.83. The molecule has 1 aliphatic heterocycles. The van der Waals surface area contributed by atoms with Crippen LogP contribution in [0.5, 0.6) is 11.5 Å². The molecule has 0 atom stereocenters. The van der Waals surface area contributed by atoms with Gasteiger partial charge in [-0.15, -0.1) is 11.3 Å². The molecule has 0 fully saturated rings. The Labute approximate surface area is 170 Å². The molecule has 0 saturated heterocycles. The van der Waals surface area contributed by atoms with Crippen molar-refractivity contribution < 1.29 is 28.2 Å². The first kappa shape index (κ1) is 18.9. The van der Waals surface area contributed by atoms with Gasteiger partial charge in [0.1, 0.15) is 5.82 Å². The fourth-order valence-electron chi connectivity index (χ4n) is 2.75. The average molecular weight is 410 g/mol. The van der Waals surface area contributed by atoms with Gasteiger partial charge in [0.25, 0.3) is 0 Å². The monoisotopic (exact) mass is 410 g/mol. The van der Waals surface area contributed by atoms with Crippen LogP contribution in [0.4, 0.5) is 4.39 Å². The number of benzene rings is 2. The Balaban J connectivity index is 1.49. The summed E-state index contributed by atoms with van der Waals surface area (Å²) < 4.78 is 28.9. The van der Waals surface area contributed by atoms with E-state index >= 15 is 0 Å².